The Morgan fingerprint density at radius 3 is 2.37 bits per heavy atom. The predicted octanol–water partition coefficient (Wildman–Crippen LogP) is 3.38. The standard InChI is InChI=1S/C25H25N9O3S/c1-5-33-17(4)20(14-27-33)22-10-11-26-23-13-21(31-34(22)23)24(35)30-18-6-8-19(9-7-18)38(36,37)32-25-28-15(2)12-16(3)29-25/h6-14H,5H2,1-4H3,(H,30,35)(H,28,29,32). The summed E-state index contributed by atoms with van der Waals surface area (Å²) >= 11 is 0. The molecule has 194 valence electrons. The Morgan fingerprint density at radius 1 is 1.00 bits per heavy atom. The van der Waals surface area contributed by atoms with Gasteiger partial charge < -0.3 is 5.32 Å². The van der Waals surface area contributed by atoms with Crippen LogP contribution < -0.4 is 10.0 Å². The minimum absolute atomic E-state index is 0.00262. The number of amides is 1. The van der Waals surface area contributed by atoms with E-state index >= 15 is 0 Å². The number of aryl methyl sites for hydroxylation is 3. The van der Waals surface area contributed by atoms with Crippen LogP contribution in [0.2, 0.25) is 0 Å². The zero-order valence-corrected chi connectivity index (χ0v) is 22.0. The second-order valence-electron chi connectivity index (χ2n) is 8.65. The normalized spacial score (nSPS) is 11.6. The van der Waals surface area contributed by atoms with Gasteiger partial charge in [-0.1, -0.05) is 0 Å². The van der Waals surface area contributed by atoms with Crippen molar-refractivity contribution in [3.05, 3.63) is 77.6 Å². The number of sulfonamides is 1. The first kappa shape index (κ1) is 25.0. The van der Waals surface area contributed by atoms with Gasteiger partial charge in [-0.25, -0.2) is 32.6 Å². The van der Waals surface area contributed by atoms with Gasteiger partial charge >= 0.3 is 0 Å². The van der Waals surface area contributed by atoms with E-state index in [4.69, 9.17) is 0 Å². The van der Waals surface area contributed by atoms with E-state index in [0.29, 0.717) is 22.7 Å². The molecule has 4 heterocycles. The average Bonchev–Trinajstić information content (AvgIpc) is 3.47. The summed E-state index contributed by atoms with van der Waals surface area (Å²) in [6, 6.07) is 10.9. The van der Waals surface area contributed by atoms with Gasteiger partial charge in [-0.2, -0.15) is 10.2 Å². The predicted molar refractivity (Wildman–Crippen MR) is 141 cm³/mol. The second-order valence-corrected chi connectivity index (χ2v) is 10.3. The van der Waals surface area contributed by atoms with E-state index in [9.17, 15) is 13.2 Å². The van der Waals surface area contributed by atoms with Crippen molar-refractivity contribution in [1.29, 1.82) is 0 Å². The molecular weight excluding hydrogens is 506 g/mol. The zero-order valence-electron chi connectivity index (χ0n) is 21.2. The van der Waals surface area contributed by atoms with Gasteiger partial charge in [-0.15, -0.1) is 0 Å². The lowest BCUT2D eigenvalue weighted by Gasteiger charge is -2.09. The SMILES string of the molecule is CCn1ncc(-c2ccnc3cc(C(=O)Nc4ccc(S(=O)(=O)Nc5nc(C)cc(C)n5)cc4)nn23)c1C. The first-order valence-corrected chi connectivity index (χ1v) is 13.3. The van der Waals surface area contributed by atoms with E-state index in [1.54, 1.807) is 42.9 Å². The Morgan fingerprint density at radius 2 is 1.71 bits per heavy atom. The van der Waals surface area contributed by atoms with Crippen LogP contribution in [0.4, 0.5) is 11.6 Å². The minimum Gasteiger partial charge on any atom is -0.321 e. The number of carbonyl (C=O) groups excluding carboxylic acids is 1. The molecule has 4 aromatic heterocycles. The molecule has 0 saturated carbocycles. The van der Waals surface area contributed by atoms with Gasteiger partial charge in [0.05, 0.1) is 16.8 Å². The number of hydrogen-bond donors (Lipinski definition) is 2. The van der Waals surface area contributed by atoms with Crippen LogP contribution in [0.3, 0.4) is 0 Å². The number of benzene rings is 1. The third kappa shape index (κ3) is 4.83. The molecule has 0 aliphatic carbocycles. The maximum atomic E-state index is 13.0. The lowest BCUT2D eigenvalue weighted by Crippen LogP contribution is -2.16. The van der Waals surface area contributed by atoms with E-state index in [-0.39, 0.29) is 16.5 Å². The highest BCUT2D eigenvalue weighted by atomic mass is 32.2. The number of carbonyl (C=O) groups is 1. The third-order valence-corrected chi connectivity index (χ3v) is 7.24. The van der Waals surface area contributed by atoms with Crippen LogP contribution >= 0.6 is 0 Å². The summed E-state index contributed by atoms with van der Waals surface area (Å²) in [6.45, 7) is 8.24. The number of nitrogens with one attached hydrogen (secondary N) is 2. The first-order valence-electron chi connectivity index (χ1n) is 11.8. The Bertz CT molecular complexity index is 1750. The van der Waals surface area contributed by atoms with Gasteiger partial charge in [0.2, 0.25) is 5.95 Å². The van der Waals surface area contributed by atoms with Crippen molar-refractivity contribution in [2.45, 2.75) is 39.1 Å². The summed E-state index contributed by atoms with van der Waals surface area (Å²) in [5.41, 5.74) is 5.01. The summed E-state index contributed by atoms with van der Waals surface area (Å²) in [7, 11) is -3.92. The molecule has 2 N–H and O–H groups in total. The smallest absolute Gasteiger partial charge is 0.276 e. The molecule has 0 aliphatic rings. The van der Waals surface area contributed by atoms with Crippen LogP contribution in [0.5, 0.6) is 0 Å². The molecule has 13 heteroatoms. The van der Waals surface area contributed by atoms with E-state index in [1.807, 2.05) is 24.6 Å². The highest BCUT2D eigenvalue weighted by Gasteiger charge is 2.19. The molecule has 38 heavy (non-hydrogen) atoms. The molecular formula is C25H25N9O3S. The number of rotatable bonds is 7. The van der Waals surface area contributed by atoms with E-state index in [0.717, 1.165) is 23.5 Å². The van der Waals surface area contributed by atoms with Crippen LogP contribution in [0.1, 0.15) is 34.5 Å². The fourth-order valence-electron chi connectivity index (χ4n) is 4.09. The Kier molecular flexibility index (Phi) is 6.36. The highest BCUT2D eigenvalue weighted by molar-refractivity contribution is 7.92. The summed E-state index contributed by atoms with van der Waals surface area (Å²) in [5.74, 6) is -0.461. The lowest BCUT2D eigenvalue weighted by molar-refractivity contribution is 0.102. The lowest BCUT2D eigenvalue weighted by atomic mass is 10.2. The van der Waals surface area contributed by atoms with E-state index < -0.39 is 15.9 Å². The molecule has 0 bridgehead atoms. The van der Waals surface area contributed by atoms with Gasteiger partial charge in [0.25, 0.3) is 15.9 Å². The van der Waals surface area contributed by atoms with Gasteiger partial charge in [-0.05, 0) is 64.1 Å². The van der Waals surface area contributed by atoms with E-state index in [2.05, 4.69) is 35.2 Å². The van der Waals surface area contributed by atoms with Crippen LogP contribution in [0, 0.1) is 20.8 Å². The quantitative estimate of drug-likeness (QED) is 0.325. The number of aromatic nitrogens is 7. The Balaban J connectivity index is 1.35. The van der Waals surface area contributed by atoms with Gasteiger partial charge in [0.1, 0.15) is 0 Å². The first-order chi connectivity index (χ1) is 18.1. The van der Waals surface area contributed by atoms with Crippen molar-refractivity contribution in [3.8, 4) is 11.3 Å². The molecule has 0 saturated heterocycles. The van der Waals surface area contributed by atoms with Crippen molar-refractivity contribution in [3.63, 3.8) is 0 Å². The summed E-state index contributed by atoms with van der Waals surface area (Å²) < 4.78 is 31.4. The Labute approximate surface area is 218 Å². The fourth-order valence-corrected chi connectivity index (χ4v) is 5.03. The van der Waals surface area contributed by atoms with Crippen LogP contribution in [-0.2, 0) is 16.6 Å². The highest BCUT2D eigenvalue weighted by Crippen LogP contribution is 2.24. The molecule has 0 aliphatic heterocycles. The maximum absolute atomic E-state index is 13.0. The molecule has 0 spiro atoms. The molecule has 0 radical (unpaired) electrons. The molecule has 12 nitrogen and oxygen atoms in total. The van der Waals surface area contributed by atoms with Gasteiger partial charge in [0.15, 0.2) is 11.3 Å². The summed E-state index contributed by atoms with van der Waals surface area (Å²) in [6.07, 6.45) is 3.43. The monoisotopic (exact) mass is 531 g/mol. The molecule has 0 fully saturated rings. The molecule has 0 atom stereocenters. The van der Waals surface area contributed by atoms with Crippen molar-refractivity contribution >= 4 is 33.2 Å². The van der Waals surface area contributed by atoms with Crippen LogP contribution in [-0.4, -0.2) is 48.7 Å². The van der Waals surface area contributed by atoms with E-state index in [1.165, 1.54) is 24.3 Å². The number of hydrogen-bond acceptors (Lipinski definition) is 8. The van der Waals surface area contributed by atoms with Crippen molar-refractivity contribution < 1.29 is 13.2 Å². The zero-order chi connectivity index (χ0) is 27.0. The summed E-state index contributed by atoms with van der Waals surface area (Å²) in [4.78, 5) is 25.5. The van der Waals surface area contributed by atoms with Crippen molar-refractivity contribution in [1.82, 2.24) is 34.3 Å². The number of nitrogens with zero attached hydrogens (tertiary/aromatic N) is 7. The number of anilines is 2. The molecule has 5 aromatic rings. The van der Waals surface area contributed by atoms with Crippen LogP contribution in [0.25, 0.3) is 16.9 Å². The second kappa shape index (κ2) is 9.67. The average molecular weight is 532 g/mol. The molecule has 1 amide bonds. The van der Waals surface area contributed by atoms with Crippen molar-refractivity contribution in [2.24, 2.45) is 0 Å². The Hall–Kier alpha value is -4.65. The minimum atomic E-state index is -3.92. The topological polar surface area (TPSA) is 149 Å². The maximum Gasteiger partial charge on any atom is 0.276 e. The number of fused-ring (bicyclic) bond motifs is 1. The molecule has 1 aromatic carbocycles. The largest absolute Gasteiger partial charge is 0.321 e. The van der Waals surface area contributed by atoms with Gasteiger partial charge in [0, 0.05) is 47.1 Å². The fraction of sp³-hybridized carbons (Fsp3) is 0.200. The van der Waals surface area contributed by atoms with Crippen LogP contribution in [0.15, 0.2) is 59.8 Å². The molecule has 0 unspecified atom stereocenters. The van der Waals surface area contributed by atoms with Gasteiger partial charge in [-0.3, -0.25) is 9.48 Å². The molecule has 5 rings (SSSR count). The third-order valence-electron chi connectivity index (χ3n) is 5.90. The summed E-state index contributed by atoms with van der Waals surface area (Å²) in [5, 5.41) is 11.6. The van der Waals surface area contributed by atoms with Crippen molar-refractivity contribution in [2.75, 3.05) is 10.0 Å².